The Kier molecular flexibility index (Phi) is 7.35. The summed E-state index contributed by atoms with van der Waals surface area (Å²) in [7, 11) is 2.59. The average Bonchev–Trinajstić information content (AvgIpc) is 3.09. The second-order valence-corrected chi connectivity index (χ2v) is 6.50. The molecular weight excluding hydrogens is 410 g/mol. The molecule has 0 saturated heterocycles. The van der Waals surface area contributed by atoms with Gasteiger partial charge in [-0.05, 0) is 38.0 Å². The Balaban J connectivity index is 2.19. The molecule has 0 fully saturated rings. The monoisotopic (exact) mass is 433 g/mol. The van der Waals surface area contributed by atoms with E-state index in [9.17, 15) is 24.5 Å². The van der Waals surface area contributed by atoms with Crippen molar-refractivity contribution in [3.05, 3.63) is 50.8 Å². The van der Waals surface area contributed by atoms with Gasteiger partial charge in [-0.2, -0.15) is 0 Å². The van der Waals surface area contributed by atoms with Crippen LogP contribution in [0.5, 0.6) is 5.75 Å². The van der Waals surface area contributed by atoms with Gasteiger partial charge in [0.05, 0.1) is 30.8 Å². The number of methoxy groups -OCH3 is 2. The Morgan fingerprint density at radius 3 is 2.45 bits per heavy atom. The Morgan fingerprint density at radius 1 is 1.23 bits per heavy atom. The van der Waals surface area contributed by atoms with Crippen molar-refractivity contribution in [1.82, 2.24) is 4.98 Å². The van der Waals surface area contributed by atoms with E-state index in [0.29, 0.717) is 17.7 Å². The molecule has 11 nitrogen and oxygen atoms in total. The van der Waals surface area contributed by atoms with Crippen LogP contribution in [-0.4, -0.2) is 48.1 Å². The van der Waals surface area contributed by atoms with Crippen molar-refractivity contribution < 1.29 is 33.5 Å². The first-order chi connectivity index (χ1) is 14.6. The number of ether oxygens (including phenoxy) is 3. The number of H-pyrrole nitrogens is 1. The Labute approximate surface area is 177 Å². The zero-order chi connectivity index (χ0) is 23.3. The van der Waals surface area contributed by atoms with Gasteiger partial charge in [-0.15, -0.1) is 0 Å². The number of aryl methyl sites for hydroxylation is 1. The highest BCUT2D eigenvalue weighted by molar-refractivity contribution is 6.01. The number of nitro benzene ring substituents is 1. The predicted molar refractivity (Wildman–Crippen MR) is 109 cm³/mol. The molecule has 2 rings (SSSR count). The van der Waals surface area contributed by atoms with E-state index in [2.05, 4.69) is 10.3 Å². The number of nitro groups is 1. The number of hydrogen-bond acceptors (Lipinski definition) is 8. The summed E-state index contributed by atoms with van der Waals surface area (Å²) >= 11 is 0. The molecule has 1 unspecified atom stereocenters. The molecular formula is C20H23N3O8. The Hall–Kier alpha value is -3.89. The highest BCUT2D eigenvalue weighted by atomic mass is 16.6. The molecule has 0 aliphatic heterocycles. The van der Waals surface area contributed by atoms with Crippen LogP contribution in [0.25, 0.3) is 0 Å². The molecule has 2 N–H and O–H groups in total. The third-order valence-electron chi connectivity index (χ3n) is 4.59. The van der Waals surface area contributed by atoms with E-state index in [1.807, 2.05) is 0 Å². The van der Waals surface area contributed by atoms with Crippen molar-refractivity contribution in [2.45, 2.75) is 33.3 Å². The smallest absolute Gasteiger partial charge is 0.355 e. The van der Waals surface area contributed by atoms with E-state index >= 15 is 0 Å². The van der Waals surface area contributed by atoms with E-state index in [-0.39, 0.29) is 28.4 Å². The molecule has 11 heteroatoms. The van der Waals surface area contributed by atoms with Gasteiger partial charge in [-0.3, -0.25) is 14.9 Å². The molecule has 0 bridgehead atoms. The molecule has 1 atom stereocenters. The Bertz CT molecular complexity index is 1030. The minimum atomic E-state index is -1.27. The lowest BCUT2D eigenvalue weighted by Crippen LogP contribution is -2.30. The lowest BCUT2D eigenvalue weighted by atomic mass is 10.1. The highest BCUT2D eigenvalue weighted by Crippen LogP contribution is 2.29. The van der Waals surface area contributed by atoms with Crippen LogP contribution in [0.2, 0.25) is 0 Å². The molecule has 1 heterocycles. The topological polar surface area (TPSA) is 150 Å². The lowest BCUT2D eigenvalue weighted by molar-refractivity contribution is -0.384. The van der Waals surface area contributed by atoms with E-state index in [1.165, 1.54) is 33.3 Å². The molecule has 1 aromatic heterocycles. The molecule has 1 aromatic carbocycles. The largest absolute Gasteiger partial charge is 0.496 e. The predicted octanol–water partition coefficient (Wildman–Crippen LogP) is 2.77. The fraction of sp³-hybridized carbons (Fsp3) is 0.350. The molecule has 0 radical (unpaired) electrons. The van der Waals surface area contributed by atoms with Crippen LogP contribution < -0.4 is 10.1 Å². The van der Waals surface area contributed by atoms with Crippen molar-refractivity contribution in [2.75, 3.05) is 19.5 Å². The molecule has 31 heavy (non-hydrogen) atoms. The van der Waals surface area contributed by atoms with Gasteiger partial charge in [0.1, 0.15) is 17.1 Å². The van der Waals surface area contributed by atoms with Gasteiger partial charge in [0.15, 0.2) is 6.10 Å². The molecule has 0 aliphatic rings. The van der Waals surface area contributed by atoms with E-state index < -0.39 is 28.9 Å². The SMILES string of the molecule is CCc1[nH]c(C(=O)OC(C)C(=O)Nc2ccc(OC)cc2[N+](=O)[O-])c(C)c1C(=O)OC. The molecule has 0 saturated carbocycles. The van der Waals surface area contributed by atoms with Crippen molar-refractivity contribution in [2.24, 2.45) is 0 Å². The summed E-state index contributed by atoms with van der Waals surface area (Å²) in [6.45, 7) is 4.68. The second-order valence-electron chi connectivity index (χ2n) is 6.50. The number of carbonyl (C=O) groups excluding carboxylic acids is 3. The van der Waals surface area contributed by atoms with Gasteiger partial charge in [0, 0.05) is 5.69 Å². The maximum atomic E-state index is 12.6. The number of carbonyl (C=O) groups is 3. The third kappa shape index (κ3) is 5.00. The van der Waals surface area contributed by atoms with Gasteiger partial charge in [-0.25, -0.2) is 9.59 Å². The van der Waals surface area contributed by atoms with Gasteiger partial charge in [0.25, 0.3) is 11.6 Å². The maximum absolute atomic E-state index is 12.6. The third-order valence-corrected chi connectivity index (χ3v) is 4.59. The molecule has 2 aromatic rings. The number of nitrogens with zero attached hydrogens (tertiary/aromatic N) is 1. The van der Waals surface area contributed by atoms with Crippen molar-refractivity contribution >= 4 is 29.2 Å². The number of rotatable bonds is 8. The summed E-state index contributed by atoms with van der Waals surface area (Å²) in [5, 5.41) is 13.6. The van der Waals surface area contributed by atoms with Crippen molar-refractivity contribution in [1.29, 1.82) is 0 Å². The van der Waals surface area contributed by atoms with Gasteiger partial charge in [-0.1, -0.05) is 6.92 Å². The molecule has 0 aliphatic carbocycles. The average molecular weight is 433 g/mol. The molecule has 166 valence electrons. The summed E-state index contributed by atoms with van der Waals surface area (Å²) in [6, 6.07) is 3.92. The van der Waals surface area contributed by atoms with Gasteiger partial charge >= 0.3 is 11.9 Å². The van der Waals surface area contributed by atoms with E-state index in [0.717, 1.165) is 6.07 Å². The zero-order valence-corrected chi connectivity index (χ0v) is 17.7. The number of anilines is 1. The normalized spacial score (nSPS) is 11.4. The minimum Gasteiger partial charge on any atom is -0.496 e. The summed E-state index contributed by atoms with van der Waals surface area (Å²) in [5.74, 6) is -1.97. The first kappa shape index (κ1) is 23.4. The minimum absolute atomic E-state index is 0.0207. The molecule has 0 spiro atoms. The van der Waals surface area contributed by atoms with Gasteiger partial charge < -0.3 is 24.5 Å². The first-order valence-electron chi connectivity index (χ1n) is 9.28. The number of esters is 2. The summed E-state index contributed by atoms with van der Waals surface area (Å²) in [5.41, 5.74) is 0.655. The van der Waals surface area contributed by atoms with E-state index in [1.54, 1.807) is 13.8 Å². The number of aromatic nitrogens is 1. The zero-order valence-electron chi connectivity index (χ0n) is 17.7. The number of nitrogens with one attached hydrogen (secondary N) is 2. The molecule has 1 amide bonds. The number of hydrogen-bond donors (Lipinski definition) is 2. The van der Waals surface area contributed by atoms with Crippen LogP contribution in [-0.2, 0) is 20.7 Å². The van der Waals surface area contributed by atoms with Crippen LogP contribution in [0.3, 0.4) is 0 Å². The highest BCUT2D eigenvalue weighted by Gasteiger charge is 2.28. The van der Waals surface area contributed by atoms with Crippen LogP contribution in [0, 0.1) is 17.0 Å². The number of benzene rings is 1. The second kappa shape index (κ2) is 9.74. The van der Waals surface area contributed by atoms with Crippen molar-refractivity contribution in [3.8, 4) is 5.75 Å². The van der Waals surface area contributed by atoms with Crippen LogP contribution in [0.4, 0.5) is 11.4 Å². The fourth-order valence-corrected chi connectivity index (χ4v) is 2.91. The van der Waals surface area contributed by atoms with E-state index in [4.69, 9.17) is 14.2 Å². The number of aromatic amines is 1. The van der Waals surface area contributed by atoms with Crippen LogP contribution >= 0.6 is 0 Å². The lowest BCUT2D eigenvalue weighted by Gasteiger charge is -2.14. The quantitative estimate of drug-likeness (QED) is 0.366. The summed E-state index contributed by atoms with van der Waals surface area (Å²) in [4.78, 5) is 50.4. The van der Waals surface area contributed by atoms with Crippen LogP contribution in [0.15, 0.2) is 18.2 Å². The standard InChI is InChI=1S/C20H23N3O8/c1-6-13-16(19(25)30-5)10(2)17(21-13)20(26)31-11(3)18(24)22-14-8-7-12(29-4)9-15(14)23(27)28/h7-9,11,21H,6H2,1-5H3,(H,22,24). The maximum Gasteiger partial charge on any atom is 0.355 e. The van der Waals surface area contributed by atoms with Gasteiger partial charge in [0.2, 0.25) is 0 Å². The number of amides is 1. The summed E-state index contributed by atoms with van der Waals surface area (Å²) in [6.07, 6.45) is -0.834. The van der Waals surface area contributed by atoms with Crippen LogP contribution in [0.1, 0.15) is 46.0 Å². The first-order valence-corrected chi connectivity index (χ1v) is 9.28. The summed E-state index contributed by atoms with van der Waals surface area (Å²) < 4.78 is 14.9. The van der Waals surface area contributed by atoms with Crippen molar-refractivity contribution in [3.63, 3.8) is 0 Å². The fourth-order valence-electron chi connectivity index (χ4n) is 2.91. The Morgan fingerprint density at radius 2 is 1.90 bits per heavy atom.